The van der Waals surface area contributed by atoms with Gasteiger partial charge >= 0.3 is 0 Å². The number of benzene rings is 2. The summed E-state index contributed by atoms with van der Waals surface area (Å²) in [5.41, 5.74) is 5.14. The summed E-state index contributed by atoms with van der Waals surface area (Å²) in [6, 6.07) is 12.8. The largest absolute Gasteiger partial charge is 0.488 e. The Morgan fingerprint density at radius 1 is 1.21 bits per heavy atom. The maximum Gasteiger partial charge on any atom is 0.268 e. The van der Waals surface area contributed by atoms with Gasteiger partial charge in [0.25, 0.3) is 5.56 Å². The fourth-order valence-electron chi connectivity index (χ4n) is 2.76. The highest BCUT2D eigenvalue weighted by Gasteiger charge is 2.22. The first-order valence-corrected chi connectivity index (χ1v) is 9.26. The standard InChI is InChI=1S/C20H11BrClFN4O2/c21-10-4-5-17(29-9-14-15(22)2-1-3-16(14)23)11(6-10)18-12(7-24)19(26)27-20(28)13(18)8-25/h1-6H,9H2,(H3,26,27,28). The van der Waals surface area contributed by atoms with E-state index in [0.29, 0.717) is 4.47 Å². The molecule has 144 valence electrons. The zero-order chi connectivity index (χ0) is 21.1. The second-order valence-corrected chi connectivity index (χ2v) is 7.17. The molecule has 0 saturated carbocycles. The van der Waals surface area contributed by atoms with Crippen molar-refractivity contribution in [3.05, 3.63) is 78.8 Å². The van der Waals surface area contributed by atoms with Gasteiger partial charge in [-0.2, -0.15) is 10.5 Å². The molecule has 3 rings (SSSR count). The average Bonchev–Trinajstić information content (AvgIpc) is 2.68. The Bertz CT molecular complexity index is 1240. The van der Waals surface area contributed by atoms with Crippen molar-refractivity contribution in [1.29, 1.82) is 10.5 Å². The van der Waals surface area contributed by atoms with Crippen molar-refractivity contribution in [2.45, 2.75) is 6.61 Å². The number of anilines is 1. The van der Waals surface area contributed by atoms with Gasteiger partial charge in [0.05, 0.1) is 5.02 Å². The van der Waals surface area contributed by atoms with E-state index in [9.17, 15) is 19.7 Å². The SMILES string of the molecule is N#Cc1c(N)[nH]c(=O)c(C#N)c1-c1cc(Br)ccc1OCc1c(F)cccc1Cl. The molecule has 2 aromatic carbocycles. The molecule has 6 nitrogen and oxygen atoms in total. The van der Waals surface area contributed by atoms with Crippen molar-refractivity contribution in [3.8, 4) is 29.0 Å². The molecule has 0 amide bonds. The Morgan fingerprint density at radius 3 is 2.59 bits per heavy atom. The van der Waals surface area contributed by atoms with Gasteiger partial charge in [-0.1, -0.05) is 33.6 Å². The molecule has 0 bridgehead atoms. The third-order valence-electron chi connectivity index (χ3n) is 4.11. The first-order valence-electron chi connectivity index (χ1n) is 8.09. The number of hydrogen-bond donors (Lipinski definition) is 2. The molecule has 0 fully saturated rings. The number of nitrogens with two attached hydrogens (primary N) is 1. The molecule has 3 aromatic rings. The van der Waals surface area contributed by atoms with Crippen LogP contribution in [0.4, 0.5) is 10.2 Å². The van der Waals surface area contributed by atoms with Gasteiger partial charge in [0.15, 0.2) is 0 Å². The Labute approximate surface area is 178 Å². The van der Waals surface area contributed by atoms with Crippen molar-refractivity contribution in [2.24, 2.45) is 0 Å². The number of rotatable bonds is 4. The van der Waals surface area contributed by atoms with E-state index in [4.69, 9.17) is 22.1 Å². The third kappa shape index (κ3) is 3.95. The van der Waals surface area contributed by atoms with Gasteiger partial charge in [-0.3, -0.25) is 4.79 Å². The molecule has 9 heteroatoms. The zero-order valence-corrected chi connectivity index (χ0v) is 16.9. The number of aromatic nitrogens is 1. The van der Waals surface area contributed by atoms with Crippen LogP contribution in [0, 0.1) is 28.5 Å². The number of nitrogens with zero attached hydrogens (tertiary/aromatic N) is 2. The number of nitrogens with one attached hydrogen (secondary N) is 1. The molecule has 0 aliphatic carbocycles. The first-order chi connectivity index (χ1) is 13.9. The summed E-state index contributed by atoms with van der Waals surface area (Å²) in [5, 5.41) is 19.2. The molecule has 1 heterocycles. The Hall–Kier alpha value is -3.33. The van der Waals surface area contributed by atoms with Crippen molar-refractivity contribution < 1.29 is 9.13 Å². The van der Waals surface area contributed by atoms with Crippen LogP contribution in [0.1, 0.15) is 16.7 Å². The van der Waals surface area contributed by atoms with Crippen molar-refractivity contribution in [2.75, 3.05) is 5.73 Å². The summed E-state index contributed by atoms with van der Waals surface area (Å²) in [7, 11) is 0. The second-order valence-electron chi connectivity index (χ2n) is 5.85. The lowest BCUT2D eigenvalue weighted by Crippen LogP contribution is -2.16. The molecule has 0 aliphatic heterocycles. The number of ether oxygens (including phenoxy) is 1. The fourth-order valence-corrected chi connectivity index (χ4v) is 3.33. The van der Waals surface area contributed by atoms with Gasteiger partial charge in [-0.15, -0.1) is 0 Å². The number of nitriles is 2. The third-order valence-corrected chi connectivity index (χ3v) is 4.96. The van der Waals surface area contributed by atoms with Gasteiger partial charge in [-0.05, 0) is 30.3 Å². The highest BCUT2D eigenvalue weighted by Crippen LogP contribution is 2.37. The highest BCUT2D eigenvalue weighted by molar-refractivity contribution is 9.10. The van der Waals surface area contributed by atoms with Crippen molar-refractivity contribution in [1.82, 2.24) is 4.98 Å². The van der Waals surface area contributed by atoms with Crippen LogP contribution in [0.15, 0.2) is 45.7 Å². The van der Waals surface area contributed by atoms with E-state index >= 15 is 0 Å². The molecule has 0 spiro atoms. The van der Waals surface area contributed by atoms with Gasteiger partial charge in [-0.25, -0.2) is 4.39 Å². The topological polar surface area (TPSA) is 116 Å². The summed E-state index contributed by atoms with van der Waals surface area (Å²) in [4.78, 5) is 14.5. The van der Waals surface area contributed by atoms with Crippen LogP contribution in [0.3, 0.4) is 0 Å². The summed E-state index contributed by atoms with van der Waals surface area (Å²) >= 11 is 9.36. The minimum absolute atomic E-state index is 0.0344. The number of H-pyrrole nitrogens is 1. The van der Waals surface area contributed by atoms with Crippen LogP contribution in [0.25, 0.3) is 11.1 Å². The van der Waals surface area contributed by atoms with Crippen molar-refractivity contribution in [3.63, 3.8) is 0 Å². The predicted molar refractivity (Wildman–Crippen MR) is 110 cm³/mol. The van der Waals surface area contributed by atoms with Crippen LogP contribution in [0.2, 0.25) is 5.02 Å². The molecule has 0 radical (unpaired) electrons. The number of halogens is 3. The molecule has 29 heavy (non-hydrogen) atoms. The molecule has 0 unspecified atom stereocenters. The molecule has 1 aromatic heterocycles. The van der Waals surface area contributed by atoms with E-state index in [1.807, 2.05) is 6.07 Å². The van der Waals surface area contributed by atoms with E-state index in [1.165, 1.54) is 18.2 Å². The number of pyridine rings is 1. The maximum absolute atomic E-state index is 14.1. The van der Waals surface area contributed by atoms with Crippen LogP contribution in [-0.2, 0) is 6.61 Å². The van der Waals surface area contributed by atoms with Crippen molar-refractivity contribution >= 4 is 33.3 Å². The lowest BCUT2D eigenvalue weighted by molar-refractivity contribution is 0.301. The normalized spacial score (nSPS) is 10.2. The molecule has 3 N–H and O–H groups in total. The Morgan fingerprint density at radius 2 is 1.93 bits per heavy atom. The summed E-state index contributed by atoms with van der Waals surface area (Å²) < 4.78 is 20.4. The van der Waals surface area contributed by atoms with Crippen LogP contribution < -0.4 is 16.0 Å². The van der Waals surface area contributed by atoms with E-state index in [1.54, 1.807) is 24.3 Å². The lowest BCUT2D eigenvalue weighted by Gasteiger charge is -2.15. The monoisotopic (exact) mass is 472 g/mol. The second kappa shape index (κ2) is 8.36. The molecule has 0 atom stereocenters. The number of aromatic amines is 1. The van der Waals surface area contributed by atoms with E-state index < -0.39 is 11.4 Å². The van der Waals surface area contributed by atoms with Gasteiger partial charge in [0.1, 0.15) is 47.3 Å². The average molecular weight is 474 g/mol. The van der Waals surface area contributed by atoms with E-state index in [0.717, 1.165) is 0 Å². The van der Waals surface area contributed by atoms with E-state index in [2.05, 4.69) is 20.9 Å². The van der Waals surface area contributed by atoms with Crippen LogP contribution in [-0.4, -0.2) is 4.98 Å². The minimum Gasteiger partial charge on any atom is -0.488 e. The molecular weight excluding hydrogens is 463 g/mol. The van der Waals surface area contributed by atoms with E-state index in [-0.39, 0.29) is 51.0 Å². The molecule has 0 aliphatic rings. The van der Waals surface area contributed by atoms with Gasteiger partial charge in [0, 0.05) is 21.2 Å². The number of nitrogen functional groups attached to an aromatic ring is 1. The smallest absolute Gasteiger partial charge is 0.268 e. The molecule has 0 saturated heterocycles. The summed E-state index contributed by atoms with van der Waals surface area (Å²) in [5.74, 6) is -0.493. The van der Waals surface area contributed by atoms with Crippen LogP contribution >= 0.6 is 27.5 Å². The number of hydrogen-bond acceptors (Lipinski definition) is 5. The zero-order valence-electron chi connectivity index (χ0n) is 14.6. The minimum atomic E-state index is -0.734. The quantitative estimate of drug-likeness (QED) is 0.579. The maximum atomic E-state index is 14.1. The predicted octanol–water partition coefficient (Wildman–Crippen LogP) is 4.50. The highest BCUT2D eigenvalue weighted by atomic mass is 79.9. The molecular formula is C20H11BrClFN4O2. The first kappa shape index (κ1) is 20.4. The summed E-state index contributed by atoms with van der Waals surface area (Å²) in [6.45, 7) is -0.206. The summed E-state index contributed by atoms with van der Waals surface area (Å²) in [6.07, 6.45) is 0. The van der Waals surface area contributed by atoms with Gasteiger partial charge in [0.2, 0.25) is 0 Å². The van der Waals surface area contributed by atoms with Gasteiger partial charge < -0.3 is 15.5 Å². The Kier molecular flexibility index (Phi) is 5.88. The Balaban J connectivity index is 2.19. The lowest BCUT2D eigenvalue weighted by atomic mass is 9.96. The fraction of sp³-hybridized carbons (Fsp3) is 0.0500. The van der Waals surface area contributed by atoms with Crippen LogP contribution in [0.5, 0.6) is 5.75 Å².